The Morgan fingerprint density at radius 3 is 2.43 bits per heavy atom. The molecule has 2 heterocycles. The summed E-state index contributed by atoms with van der Waals surface area (Å²) in [5.41, 5.74) is 8.71. The zero-order valence-electron chi connectivity index (χ0n) is 11.2. The van der Waals surface area contributed by atoms with Gasteiger partial charge in [-0.15, -0.1) is 0 Å². The second-order valence-electron chi connectivity index (χ2n) is 4.55. The van der Waals surface area contributed by atoms with Crippen LogP contribution in [0, 0.1) is 0 Å². The second-order valence-corrected chi connectivity index (χ2v) is 5.34. The lowest BCUT2D eigenvalue weighted by atomic mass is 10.1. The van der Waals surface area contributed by atoms with Crippen LogP contribution >= 0.6 is 15.9 Å². The molecule has 0 aliphatic heterocycles. The van der Waals surface area contributed by atoms with Gasteiger partial charge in [0.25, 0.3) is 0 Å². The maximum Gasteiger partial charge on any atom is 0.142 e. The standard InChI is InChI=1S/C16H13BrN4/c17-14-15(11-6-2-1-3-7-11)20-13(21-16(14)18)10-12-8-4-5-9-19-12/h1-9H,10H2,(H2,18,20,21). The molecule has 3 aromatic rings. The summed E-state index contributed by atoms with van der Waals surface area (Å²) in [6, 6.07) is 15.7. The van der Waals surface area contributed by atoms with Crippen molar-refractivity contribution in [2.45, 2.75) is 6.42 Å². The molecule has 4 nitrogen and oxygen atoms in total. The van der Waals surface area contributed by atoms with Crippen molar-refractivity contribution in [1.29, 1.82) is 0 Å². The lowest BCUT2D eigenvalue weighted by Crippen LogP contribution is -2.04. The molecular weight excluding hydrogens is 328 g/mol. The average Bonchev–Trinajstić information content (AvgIpc) is 2.52. The monoisotopic (exact) mass is 340 g/mol. The first-order chi connectivity index (χ1) is 10.2. The molecule has 0 amide bonds. The van der Waals surface area contributed by atoms with Crippen molar-refractivity contribution in [3.63, 3.8) is 0 Å². The zero-order valence-corrected chi connectivity index (χ0v) is 12.8. The molecule has 104 valence electrons. The van der Waals surface area contributed by atoms with E-state index in [1.807, 2.05) is 48.5 Å². The lowest BCUT2D eigenvalue weighted by Gasteiger charge is -2.09. The van der Waals surface area contributed by atoms with Crippen molar-refractivity contribution >= 4 is 21.7 Å². The van der Waals surface area contributed by atoms with E-state index in [-0.39, 0.29) is 0 Å². The summed E-state index contributed by atoms with van der Waals surface area (Å²) in [4.78, 5) is 13.3. The molecule has 21 heavy (non-hydrogen) atoms. The van der Waals surface area contributed by atoms with Crippen molar-refractivity contribution < 1.29 is 0 Å². The predicted molar refractivity (Wildman–Crippen MR) is 86.6 cm³/mol. The topological polar surface area (TPSA) is 64.7 Å². The summed E-state index contributed by atoms with van der Waals surface area (Å²) in [5, 5.41) is 0. The average molecular weight is 341 g/mol. The molecule has 0 saturated heterocycles. The molecule has 0 aliphatic rings. The number of pyridine rings is 1. The Balaban J connectivity index is 2.02. The smallest absolute Gasteiger partial charge is 0.142 e. The van der Waals surface area contributed by atoms with Gasteiger partial charge in [-0.1, -0.05) is 36.4 Å². The van der Waals surface area contributed by atoms with Gasteiger partial charge in [0.1, 0.15) is 11.6 Å². The summed E-state index contributed by atoms with van der Waals surface area (Å²) in [6.45, 7) is 0. The Labute approximate surface area is 131 Å². The van der Waals surface area contributed by atoms with E-state index in [0.29, 0.717) is 18.1 Å². The maximum absolute atomic E-state index is 5.99. The largest absolute Gasteiger partial charge is 0.383 e. The van der Waals surface area contributed by atoms with Crippen LogP contribution in [-0.4, -0.2) is 15.0 Å². The normalized spacial score (nSPS) is 10.5. The number of anilines is 1. The summed E-state index contributed by atoms with van der Waals surface area (Å²) in [7, 11) is 0. The number of benzene rings is 1. The van der Waals surface area contributed by atoms with Gasteiger partial charge < -0.3 is 5.73 Å². The molecule has 0 saturated carbocycles. The Kier molecular flexibility index (Phi) is 3.92. The third kappa shape index (κ3) is 3.08. The minimum atomic E-state index is 0.440. The highest BCUT2D eigenvalue weighted by atomic mass is 79.9. The van der Waals surface area contributed by atoms with Crippen LogP contribution in [0.2, 0.25) is 0 Å². The number of halogens is 1. The van der Waals surface area contributed by atoms with Crippen molar-refractivity contribution in [2.75, 3.05) is 5.73 Å². The molecule has 0 unspecified atom stereocenters. The van der Waals surface area contributed by atoms with Crippen LogP contribution in [0.3, 0.4) is 0 Å². The molecule has 0 radical (unpaired) electrons. The summed E-state index contributed by atoms with van der Waals surface area (Å²) in [5.74, 6) is 1.10. The molecule has 0 aliphatic carbocycles. The second kappa shape index (κ2) is 6.01. The van der Waals surface area contributed by atoms with E-state index in [0.717, 1.165) is 21.4 Å². The van der Waals surface area contributed by atoms with Crippen LogP contribution in [-0.2, 0) is 6.42 Å². The van der Waals surface area contributed by atoms with Crippen LogP contribution in [0.1, 0.15) is 11.5 Å². The highest BCUT2D eigenvalue weighted by Gasteiger charge is 2.12. The van der Waals surface area contributed by atoms with Crippen LogP contribution < -0.4 is 5.73 Å². The molecule has 0 atom stereocenters. The molecule has 2 N–H and O–H groups in total. The number of nitrogens with two attached hydrogens (primary N) is 1. The Morgan fingerprint density at radius 2 is 1.71 bits per heavy atom. The first-order valence-corrected chi connectivity index (χ1v) is 7.30. The minimum absolute atomic E-state index is 0.440. The predicted octanol–water partition coefficient (Wildman–Crippen LogP) is 3.47. The van der Waals surface area contributed by atoms with E-state index in [4.69, 9.17) is 5.73 Å². The first-order valence-electron chi connectivity index (χ1n) is 6.51. The van der Waals surface area contributed by atoms with Gasteiger partial charge in [0, 0.05) is 17.5 Å². The van der Waals surface area contributed by atoms with Crippen molar-refractivity contribution in [3.8, 4) is 11.3 Å². The van der Waals surface area contributed by atoms with Gasteiger partial charge >= 0.3 is 0 Å². The molecule has 3 rings (SSSR count). The van der Waals surface area contributed by atoms with Gasteiger partial charge in [0.15, 0.2) is 0 Å². The fraction of sp³-hybridized carbons (Fsp3) is 0.0625. The molecule has 5 heteroatoms. The van der Waals surface area contributed by atoms with Crippen molar-refractivity contribution in [1.82, 2.24) is 15.0 Å². The van der Waals surface area contributed by atoms with Crippen molar-refractivity contribution in [3.05, 3.63) is 70.7 Å². The summed E-state index contributed by atoms with van der Waals surface area (Å²) in [6.07, 6.45) is 2.31. The van der Waals surface area contributed by atoms with Crippen LogP contribution in [0.15, 0.2) is 59.2 Å². The highest BCUT2D eigenvalue weighted by Crippen LogP contribution is 2.30. The highest BCUT2D eigenvalue weighted by molar-refractivity contribution is 9.10. The molecular formula is C16H13BrN4. The number of nitrogens with zero attached hydrogens (tertiary/aromatic N) is 3. The van der Waals surface area contributed by atoms with Crippen LogP contribution in [0.4, 0.5) is 5.82 Å². The maximum atomic E-state index is 5.99. The molecule has 1 aromatic carbocycles. The van der Waals surface area contributed by atoms with Gasteiger partial charge in [0.2, 0.25) is 0 Å². The van der Waals surface area contributed by atoms with Gasteiger partial charge in [0.05, 0.1) is 16.6 Å². The third-order valence-corrected chi connectivity index (χ3v) is 3.82. The summed E-state index contributed by atoms with van der Waals surface area (Å²) < 4.78 is 0.721. The Bertz CT molecular complexity index is 745. The number of nitrogen functional groups attached to an aromatic ring is 1. The van der Waals surface area contributed by atoms with E-state index in [9.17, 15) is 0 Å². The number of rotatable bonds is 3. The third-order valence-electron chi connectivity index (χ3n) is 3.04. The quantitative estimate of drug-likeness (QED) is 0.792. The van der Waals surface area contributed by atoms with E-state index in [1.54, 1.807) is 6.20 Å². The Morgan fingerprint density at radius 1 is 0.952 bits per heavy atom. The van der Waals surface area contributed by atoms with E-state index >= 15 is 0 Å². The number of hydrogen-bond donors (Lipinski definition) is 1. The lowest BCUT2D eigenvalue weighted by molar-refractivity contribution is 0.940. The SMILES string of the molecule is Nc1nc(Cc2ccccn2)nc(-c2ccccc2)c1Br. The van der Waals surface area contributed by atoms with Gasteiger partial charge in [-0.2, -0.15) is 0 Å². The minimum Gasteiger partial charge on any atom is -0.383 e. The fourth-order valence-electron chi connectivity index (χ4n) is 2.04. The first kappa shape index (κ1) is 13.7. The van der Waals surface area contributed by atoms with Gasteiger partial charge in [-0.3, -0.25) is 4.98 Å². The number of hydrogen-bond acceptors (Lipinski definition) is 4. The Hall–Kier alpha value is -2.27. The van der Waals surface area contributed by atoms with Gasteiger partial charge in [-0.05, 0) is 28.1 Å². The van der Waals surface area contributed by atoms with E-state index in [1.165, 1.54) is 0 Å². The van der Waals surface area contributed by atoms with E-state index in [2.05, 4.69) is 30.9 Å². The fourth-order valence-corrected chi connectivity index (χ4v) is 2.45. The van der Waals surface area contributed by atoms with E-state index < -0.39 is 0 Å². The molecule has 0 spiro atoms. The molecule has 0 bridgehead atoms. The van der Waals surface area contributed by atoms with Crippen LogP contribution in [0.5, 0.6) is 0 Å². The molecule has 2 aromatic heterocycles. The molecule has 0 fully saturated rings. The van der Waals surface area contributed by atoms with Crippen LogP contribution in [0.25, 0.3) is 11.3 Å². The van der Waals surface area contributed by atoms with Crippen molar-refractivity contribution in [2.24, 2.45) is 0 Å². The van der Waals surface area contributed by atoms with Gasteiger partial charge in [-0.25, -0.2) is 9.97 Å². The zero-order chi connectivity index (χ0) is 14.7. The summed E-state index contributed by atoms with van der Waals surface area (Å²) >= 11 is 3.47. The number of aromatic nitrogens is 3.